The second-order valence-corrected chi connectivity index (χ2v) is 5.15. The molecule has 0 aliphatic heterocycles. The molecule has 1 atom stereocenters. The van der Waals surface area contributed by atoms with Crippen LogP contribution in [0.3, 0.4) is 0 Å². The van der Waals surface area contributed by atoms with Crippen molar-refractivity contribution >= 4 is 30.6 Å². The van der Waals surface area contributed by atoms with Crippen LogP contribution in [-0.2, 0) is 0 Å². The summed E-state index contributed by atoms with van der Waals surface area (Å²) in [5.41, 5.74) is 4.16. The highest BCUT2D eigenvalue weighted by Crippen LogP contribution is 2.25. The van der Waals surface area contributed by atoms with Crippen LogP contribution in [0, 0.1) is 6.92 Å². The van der Waals surface area contributed by atoms with Crippen molar-refractivity contribution in [2.45, 2.75) is 26.3 Å². The number of hydrogen-bond acceptors (Lipinski definition) is 1. The van der Waals surface area contributed by atoms with Crippen molar-refractivity contribution in [1.82, 2.24) is 0 Å². The quantitative estimate of drug-likeness (QED) is 0.827. The van der Waals surface area contributed by atoms with Crippen molar-refractivity contribution in [2.24, 2.45) is 0 Å². The number of anilines is 1. The van der Waals surface area contributed by atoms with Gasteiger partial charge in [0.25, 0.3) is 0 Å². The van der Waals surface area contributed by atoms with Crippen molar-refractivity contribution in [3.05, 3.63) is 58.6 Å². The minimum absolute atomic E-state index is 0.262. The Morgan fingerprint density at radius 2 is 2.00 bits per heavy atom. The van der Waals surface area contributed by atoms with Gasteiger partial charge in [0.15, 0.2) is 0 Å². The summed E-state index contributed by atoms with van der Waals surface area (Å²) in [6.45, 7) is 4.19. The lowest BCUT2D eigenvalue weighted by molar-refractivity contribution is 0.749. The van der Waals surface area contributed by atoms with Gasteiger partial charge in [0.1, 0.15) is 7.85 Å². The van der Waals surface area contributed by atoms with Crippen LogP contribution in [-0.4, -0.2) is 7.85 Å². The van der Waals surface area contributed by atoms with Gasteiger partial charge in [0.2, 0.25) is 0 Å². The molecule has 0 bridgehead atoms. The van der Waals surface area contributed by atoms with Gasteiger partial charge in [-0.1, -0.05) is 48.3 Å². The third kappa shape index (κ3) is 3.54. The van der Waals surface area contributed by atoms with E-state index in [4.69, 9.17) is 19.4 Å². The SMILES string of the molecule is [B]c1cccc(N[C@H](CC)c2ccc(Cl)c(C)c2)c1. The molecule has 0 aliphatic carbocycles. The lowest BCUT2D eigenvalue weighted by Crippen LogP contribution is -2.12. The van der Waals surface area contributed by atoms with E-state index in [1.807, 2.05) is 37.3 Å². The summed E-state index contributed by atoms with van der Waals surface area (Å²) >= 11 is 6.07. The summed E-state index contributed by atoms with van der Waals surface area (Å²) in [4.78, 5) is 0. The number of rotatable bonds is 4. The van der Waals surface area contributed by atoms with Gasteiger partial charge in [-0.3, -0.25) is 0 Å². The normalized spacial score (nSPS) is 12.2. The number of halogens is 1. The molecule has 0 aliphatic rings. The van der Waals surface area contributed by atoms with E-state index in [0.29, 0.717) is 0 Å². The standard InChI is InChI=1S/C16H17BClN/c1-3-16(12-7-8-15(18)11(2)9-12)19-14-6-4-5-13(17)10-14/h4-10,16,19H,3H2,1-2H3/t16-/m1/s1. The van der Waals surface area contributed by atoms with E-state index in [0.717, 1.165) is 28.2 Å². The van der Waals surface area contributed by atoms with Gasteiger partial charge in [-0.2, -0.15) is 0 Å². The molecule has 2 aromatic rings. The summed E-state index contributed by atoms with van der Waals surface area (Å²) in [5, 5.41) is 4.32. The summed E-state index contributed by atoms with van der Waals surface area (Å²) in [6, 6.07) is 14.2. The molecule has 2 aromatic carbocycles. The molecule has 0 spiro atoms. The third-order valence-electron chi connectivity index (χ3n) is 3.22. The zero-order chi connectivity index (χ0) is 13.8. The smallest absolute Gasteiger partial charge is 0.113 e. The van der Waals surface area contributed by atoms with E-state index >= 15 is 0 Å². The molecule has 19 heavy (non-hydrogen) atoms. The average molecular weight is 270 g/mol. The van der Waals surface area contributed by atoms with E-state index in [1.165, 1.54) is 5.56 Å². The lowest BCUT2D eigenvalue weighted by atomic mass is 9.95. The number of hydrogen-bond donors (Lipinski definition) is 1. The van der Waals surface area contributed by atoms with Crippen LogP contribution in [0.2, 0.25) is 5.02 Å². The predicted octanol–water partition coefficient (Wildman–Crippen LogP) is 4.01. The maximum atomic E-state index is 6.07. The van der Waals surface area contributed by atoms with Crippen molar-refractivity contribution in [3.63, 3.8) is 0 Å². The van der Waals surface area contributed by atoms with Gasteiger partial charge in [-0.15, -0.1) is 0 Å². The lowest BCUT2D eigenvalue weighted by Gasteiger charge is -2.20. The highest BCUT2D eigenvalue weighted by atomic mass is 35.5. The summed E-state index contributed by atoms with van der Waals surface area (Å²) in [5.74, 6) is 0. The summed E-state index contributed by atoms with van der Waals surface area (Å²) in [6.07, 6.45) is 0.996. The Balaban J connectivity index is 2.22. The van der Waals surface area contributed by atoms with Gasteiger partial charge in [0, 0.05) is 10.7 Å². The molecule has 0 saturated carbocycles. The van der Waals surface area contributed by atoms with Crippen LogP contribution in [0.1, 0.15) is 30.5 Å². The van der Waals surface area contributed by atoms with E-state index in [1.54, 1.807) is 0 Å². The first-order valence-electron chi connectivity index (χ1n) is 6.48. The second-order valence-electron chi connectivity index (χ2n) is 4.74. The summed E-state index contributed by atoms with van der Waals surface area (Å²) < 4.78 is 0. The Morgan fingerprint density at radius 3 is 2.63 bits per heavy atom. The molecule has 3 heteroatoms. The molecular weight excluding hydrogens is 252 g/mol. The minimum atomic E-state index is 0.262. The van der Waals surface area contributed by atoms with Gasteiger partial charge >= 0.3 is 0 Å². The van der Waals surface area contributed by atoms with Crippen LogP contribution in [0.15, 0.2) is 42.5 Å². The monoisotopic (exact) mass is 269 g/mol. The fraction of sp³-hybridized carbons (Fsp3) is 0.250. The van der Waals surface area contributed by atoms with Crippen LogP contribution in [0.4, 0.5) is 5.69 Å². The van der Waals surface area contributed by atoms with Crippen molar-refractivity contribution in [3.8, 4) is 0 Å². The van der Waals surface area contributed by atoms with Crippen LogP contribution in [0.25, 0.3) is 0 Å². The van der Waals surface area contributed by atoms with Crippen LogP contribution in [0.5, 0.6) is 0 Å². The molecule has 0 heterocycles. The van der Waals surface area contributed by atoms with Crippen molar-refractivity contribution in [2.75, 3.05) is 5.32 Å². The van der Waals surface area contributed by atoms with E-state index in [-0.39, 0.29) is 6.04 Å². The van der Waals surface area contributed by atoms with Gasteiger partial charge in [-0.05, 0) is 42.7 Å². The Labute approximate surface area is 121 Å². The molecular formula is C16H17BClN. The number of benzene rings is 2. The highest BCUT2D eigenvalue weighted by molar-refractivity contribution is 6.32. The van der Waals surface area contributed by atoms with Crippen molar-refractivity contribution < 1.29 is 0 Å². The van der Waals surface area contributed by atoms with Crippen LogP contribution >= 0.6 is 11.6 Å². The zero-order valence-corrected chi connectivity index (χ0v) is 12.0. The molecule has 0 amide bonds. The van der Waals surface area contributed by atoms with Gasteiger partial charge < -0.3 is 5.32 Å². The fourth-order valence-electron chi connectivity index (χ4n) is 2.14. The Morgan fingerprint density at radius 1 is 1.21 bits per heavy atom. The molecule has 0 fully saturated rings. The van der Waals surface area contributed by atoms with Crippen molar-refractivity contribution in [1.29, 1.82) is 0 Å². The fourth-order valence-corrected chi connectivity index (χ4v) is 2.25. The largest absolute Gasteiger partial charge is 0.378 e. The first-order valence-corrected chi connectivity index (χ1v) is 6.86. The molecule has 2 radical (unpaired) electrons. The second kappa shape index (κ2) is 6.16. The third-order valence-corrected chi connectivity index (χ3v) is 3.64. The maximum Gasteiger partial charge on any atom is 0.113 e. The predicted molar refractivity (Wildman–Crippen MR) is 84.7 cm³/mol. The first kappa shape index (κ1) is 14.0. The van der Waals surface area contributed by atoms with Gasteiger partial charge in [-0.25, -0.2) is 0 Å². The first-order chi connectivity index (χ1) is 9.10. The molecule has 2 rings (SSSR count). The zero-order valence-electron chi connectivity index (χ0n) is 11.3. The highest BCUT2D eigenvalue weighted by Gasteiger charge is 2.10. The Bertz CT molecular complexity index is 568. The maximum absolute atomic E-state index is 6.07. The Hall–Kier alpha value is -1.41. The van der Waals surface area contributed by atoms with Crippen LogP contribution < -0.4 is 10.8 Å². The molecule has 96 valence electrons. The molecule has 1 N–H and O–H groups in total. The average Bonchev–Trinajstić information content (AvgIpc) is 2.39. The summed E-state index contributed by atoms with van der Waals surface area (Å²) in [7, 11) is 5.80. The van der Waals surface area contributed by atoms with E-state index in [9.17, 15) is 0 Å². The van der Waals surface area contributed by atoms with E-state index in [2.05, 4.69) is 24.4 Å². The molecule has 0 aromatic heterocycles. The Kier molecular flexibility index (Phi) is 4.54. The number of nitrogens with one attached hydrogen (secondary N) is 1. The van der Waals surface area contributed by atoms with E-state index < -0.39 is 0 Å². The molecule has 0 saturated heterocycles. The van der Waals surface area contributed by atoms with Gasteiger partial charge in [0.05, 0.1) is 6.04 Å². The number of aryl methyl sites for hydroxylation is 1. The molecule has 0 unspecified atom stereocenters. The minimum Gasteiger partial charge on any atom is -0.378 e. The topological polar surface area (TPSA) is 12.0 Å². The molecule has 1 nitrogen and oxygen atoms in total.